The normalized spacial score (nSPS) is 10.7. The lowest BCUT2D eigenvalue weighted by molar-refractivity contribution is 0.308. The van der Waals surface area contributed by atoms with Crippen LogP contribution in [0.5, 0.6) is 5.75 Å². The van der Waals surface area contributed by atoms with E-state index in [2.05, 4.69) is 28.1 Å². The van der Waals surface area contributed by atoms with Crippen molar-refractivity contribution in [1.29, 1.82) is 0 Å². The highest BCUT2D eigenvalue weighted by Gasteiger charge is 2.11. The number of allylic oxidation sites excluding steroid dienone is 1. The maximum absolute atomic E-state index is 5.94. The van der Waals surface area contributed by atoms with Crippen molar-refractivity contribution in [2.24, 2.45) is 0 Å². The molecule has 21 heavy (non-hydrogen) atoms. The van der Waals surface area contributed by atoms with Crippen LogP contribution in [0, 0.1) is 6.92 Å². The van der Waals surface area contributed by atoms with Gasteiger partial charge in [0.25, 0.3) is 0 Å². The Kier molecular flexibility index (Phi) is 3.73. The third-order valence-electron chi connectivity index (χ3n) is 3.49. The minimum atomic E-state index is 0.545. The molecular formula is C18H18N2O. The van der Waals surface area contributed by atoms with Gasteiger partial charge in [0, 0.05) is 18.3 Å². The van der Waals surface area contributed by atoms with E-state index in [0.717, 1.165) is 34.8 Å². The molecule has 106 valence electrons. The van der Waals surface area contributed by atoms with Gasteiger partial charge in [0.05, 0.1) is 5.69 Å². The van der Waals surface area contributed by atoms with Crippen molar-refractivity contribution >= 4 is 5.65 Å². The largest absolute Gasteiger partial charge is 0.485 e. The highest BCUT2D eigenvalue weighted by atomic mass is 16.5. The predicted molar refractivity (Wildman–Crippen MR) is 84.6 cm³/mol. The quantitative estimate of drug-likeness (QED) is 0.661. The van der Waals surface area contributed by atoms with Gasteiger partial charge < -0.3 is 9.14 Å². The van der Waals surface area contributed by atoms with Crippen LogP contribution >= 0.6 is 0 Å². The minimum absolute atomic E-state index is 0.545. The van der Waals surface area contributed by atoms with Crippen LogP contribution in [-0.2, 0) is 13.0 Å². The summed E-state index contributed by atoms with van der Waals surface area (Å²) in [6.07, 6.45) is 4.71. The van der Waals surface area contributed by atoms with Crippen LogP contribution in [0.2, 0.25) is 0 Å². The van der Waals surface area contributed by atoms with Crippen LogP contribution in [0.3, 0.4) is 0 Å². The zero-order valence-electron chi connectivity index (χ0n) is 12.1. The second-order valence-electron chi connectivity index (χ2n) is 4.98. The minimum Gasteiger partial charge on any atom is -0.485 e. The molecule has 0 aliphatic heterocycles. The van der Waals surface area contributed by atoms with Gasteiger partial charge in [0.2, 0.25) is 0 Å². The third-order valence-corrected chi connectivity index (χ3v) is 3.49. The Morgan fingerprint density at radius 3 is 2.76 bits per heavy atom. The SMILES string of the molecule is C=CCc1c(C)nc2c(OCc3ccccc3)cccn12. The lowest BCUT2D eigenvalue weighted by atomic mass is 10.2. The first-order valence-electron chi connectivity index (χ1n) is 7.04. The molecule has 0 atom stereocenters. The van der Waals surface area contributed by atoms with E-state index in [9.17, 15) is 0 Å². The van der Waals surface area contributed by atoms with Crippen molar-refractivity contribution in [1.82, 2.24) is 9.38 Å². The Morgan fingerprint density at radius 2 is 2.00 bits per heavy atom. The van der Waals surface area contributed by atoms with Crippen LogP contribution in [0.15, 0.2) is 61.3 Å². The van der Waals surface area contributed by atoms with E-state index >= 15 is 0 Å². The van der Waals surface area contributed by atoms with Gasteiger partial charge in [-0.25, -0.2) is 4.98 Å². The molecule has 0 spiro atoms. The van der Waals surface area contributed by atoms with Crippen LogP contribution in [0.25, 0.3) is 5.65 Å². The molecule has 0 saturated heterocycles. The van der Waals surface area contributed by atoms with Crippen LogP contribution < -0.4 is 4.74 Å². The third kappa shape index (κ3) is 2.68. The first-order chi connectivity index (χ1) is 10.3. The number of hydrogen-bond acceptors (Lipinski definition) is 2. The molecule has 0 radical (unpaired) electrons. The number of nitrogens with zero attached hydrogens (tertiary/aromatic N) is 2. The van der Waals surface area contributed by atoms with Crippen molar-refractivity contribution in [3.63, 3.8) is 0 Å². The fraction of sp³-hybridized carbons (Fsp3) is 0.167. The molecular weight excluding hydrogens is 260 g/mol. The maximum atomic E-state index is 5.94. The summed E-state index contributed by atoms with van der Waals surface area (Å²) in [7, 11) is 0. The highest BCUT2D eigenvalue weighted by molar-refractivity contribution is 5.56. The van der Waals surface area contributed by atoms with Crippen molar-refractivity contribution in [2.75, 3.05) is 0 Å². The van der Waals surface area contributed by atoms with E-state index in [0.29, 0.717) is 6.61 Å². The monoisotopic (exact) mass is 278 g/mol. The number of fused-ring (bicyclic) bond motifs is 1. The van der Waals surface area contributed by atoms with E-state index in [1.54, 1.807) is 0 Å². The summed E-state index contributed by atoms with van der Waals surface area (Å²) >= 11 is 0. The molecule has 1 aromatic carbocycles. The number of pyridine rings is 1. The zero-order chi connectivity index (χ0) is 14.7. The second kappa shape index (κ2) is 5.83. The summed E-state index contributed by atoms with van der Waals surface area (Å²) in [6.45, 7) is 6.38. The molecule has 0 N–H and O–H groups in total. The smallest absolute Gasteiger partial charge is 0.180 e. The number of aromatic nitrogens is 2. The first kappa shape index (κ1) is 13.4. The summed E-state index contributed by atoms with van der Waals surface area (Å²) in [4.78, 5) is 4.63. The molecule has 0 unspecified atom stereocenters. The lowest BCUT2D eigenvalue weighted by Crippen LogP contribution is -1.98. The number of ether oxygens (including phenoxy) is 1. The fourth-order valence-corrected chi connectivity index (χ4v) is 2.44. The van der Waals surface area contributed by atoms with E-state index in [1.165, 1.54) is 0 Å². The van der Waals surface area contributed by atoms with Gasteiger partial charge in [-0.15, -0.1) is 6.58 Å². The Hall–Kier alpha value is -2.55. The number of rotatable bonds is 5. The van der Waals surface area contributed by atoms with Crippen molar-refractivity contribution < 1.29 is 4.74 Å². The molecule has 0 aliphatic rings. The Morgan fingerprint density at radius 1 is 1.19 bits per heavy atom. The van der Waals surface area contributed by atoms with Gasteiger partial charge >= 0.3 is 0 Å². The standard InChI is InChI=1S/C18H18N2O/c1-3-8-16-14(2)19-18-17(11-7-12-20(16)18)21-13-15-9-5-4-6-10-15/h3-7,9-12H,1,8,13H2,2H3. The average molecular weight is 278 g/mol. The fourth-order valence-electron chi connectivity index (χ4n) is 2.44. The van der Waals surface area contributed by atoms with Gasteiger partial charge in [-0.2, -0.15) is 0 Å². The first-order valence-corrected chi connectivity index (χ1v) is 7.04. The topological polar surface area (TPSA) is 26.5 Å². The summed E-state index contributed by atoms with van der Waals surface area (Å²) in [5.41, 5.74) is 4.19. The number of benzene rings is 1. The molecule has 0 fully saturated rings. The van der Waals surface area contributed by atoms with E-state index in [1.807, 2.05) is 49.5 Å². The summed E-state index contributed by atoms with van der Waals surface area (Å²) in [6, 6.07) is 14.1. The van der Waals surface area contributed by atoms with E-state index in [4.69, 9.17) is 4.74 Å². The molecule has 0 aliphatic carbocycles. The van der Waals surface area contributed by atoms with Gasteiger partial charge in [0.15, 0.2) is 11.4 Å². The van der Waals surface area contributed by atoms with Crippen molar-refractivity contribution in [3.8, 4) is 5.75 Å². The van der Waals surface area contributed by atoms with Gasteiger partial charge in [0.1, 0.15) is 6.61 Å². The molecule has 3 aromatic rings. The number of hydrogen-bond donors (Lipinski definition) is 0. The predicted octanol–water partition coefficient (Wildman–Crippen LogP) is 3.95. The lowest BCUT2D eigenvalue weighted by Gasteiger charge is -2.08. The van der Waals surface area contributed by atoms with Crippen molar-refractivity contribution in [3.05, 3.63) is 78.3 Å². The maximum Gasteiger partial charge on any atom is 0.180 e. The van der Waals surface area contributed by atoms with E-state index < -0.39 is 0 Å². The molecule has 2 heterocycles. The second-order valence-corrected chi connectivity index (χ2v) is 4.98. The highest BCUT2D eigenvalue weighted by Crippen LogP contribution is 2.23. The van der Waals surface area contributed by atoms with Crippen LogP contribution in [-0.4, -0.2) is 9.38 Å². The molecule has 3 heteroatoms. The van der Waals surface area contributed by atoms with Gasteiger partial charge in [-0.3, -0.25) is 0 Å². The summed E-state index contributed by atoms with van der Waals surface area (Å²) in [5.74, 6) is 0.805. The van der Waals surface area contributed by atoms with Gasteiger partial charge in [-0.05, 0) is 24.6 Å². The molecule has 0 bridgehead atoms. The van der Waals surface area contributed by atoms with E-state index in [-0.39, 0.29) is 0 Å². The average Bonchev–Trinajstić information content (AvgIpc) is 2.83. The number of aryl methyl sites for hydroxylation is 1. The van der Waals surface area contributed by atoms with Crippen LogP contribution in [0.4, 0.5) is 0 Å². The molecule has 3 rings (SSSR count). The molecule has 2 aromatic heterocycles. The summed E-state index contributed by atoms with van der Waals surface area (Å²) < 4.78 is 8.02. The number of imidazole rings is 1. The summed E-state index contributed by atoms with van der Waals surface area (Å²) in [5, 5.41) is 0. The Labute approximate surface area is 124 Å². The van der Waals surface area contributed by atoms with Crippen LogP contribution in [0.1, 0.15) is 17.0 Å². The molecule has 0 amide bonds. The molecule has 0 saturated carbocycles. The Bertz CT molecular complexity index is 759. The molecule has 3 nitrogen and oxygen atoms in total. The van der Waals surface area contributed by atoms with Crippen molar-refractivity contribution in [2.45, 2.75) is 20.0 Å². The Balaban J connectivity index is 1.92. The zero-order valence-corrected chi connectivity index (χ0v) is 12.1. The van der Waals surface area contributed by atoms with Gasteiger partial charge in [-0.1, -0.05) is 36.4 Å².